The first-order valence-electron chi connectivity index (χ1n) is 9.13. The zero-order valence-corrected chi connectivity index (χ0v) is 15.5. The molecule has 0 spiro atoms. The summed E-state index contributed by atoms with van der Waals surface area (Å²) in [5.74, 6) is 0. The first kappa shape index (κ1) is 17.6. The average molecular weight is 348 g/mol. The maximum atomic E-state index is 5.55. The second-order valence-corrected chi connectivity index (χ2v) is 7.42. The van der Waals surface area contributed by atoms with Gasteiger partial charge in [0.1, 0.15) is 0 Å². The third-order valence-electron chi connectivity index (χ3n) is 5.44. The SMILES string of the molecule is Cc1ccccc1NC(=S)NCC1(N2CCOCC2)CCCCC1. The number of aryl methyl sites for hydroxylation is 1. The molecule has 5 heteroatoms. The monoisotopic (exact) mass is 347 g/mol. The summed E-state index contributed by atoms with van der Waals surface area (Å²) in [5.41, 5.74) is 2.53. The fourth-order valence-corrected chi connectivity index (χ4v) is 4.16. The molecule has 2 aliphatic rings. The Morgan fingerprint density at radius 1 is 1.17 bits per heavy atom. The van der Waals surface area contributed by atoms with E-state index < -0.39 is 0 Å². The molecule has 132 valence electrons. The van der Waals surface area contributed by atoms with Crippen LogP contribution in [0.15, 0.2) is 24.3 Å². The van der Waals surface area contributed by atoms with Gasteiger partial charge in [-0.05, 0) is 43.6 Å². The largest absolute Gasteiger partial charge is 0.379 e. The minimum atomic E-state index is 0.236. The molecule has 0 unspecified atom stereocenters. The predicted molar refractivity (Wildman–Crippen MR) is 104 cm³/mol. The summed E-state index contributed by atoms with van der Waals surface area (Å²) >= 11 is 5.55. The summed E-state index contributed by atoms with van der Waals surface area (Å²) in [4.78, 5) is 2.64. The van der Waals surface area contributed by atoms with E-state index in [1.807, 2.05) is 12.1 Å². The van der Waals surface area contributed by atoms with Crippen molar-refractivity contribution in [3.05, 3.63) is 29.8 Å². The van der Waals surface area contributed by atoms with Crippen LogP contribution in [0.1, 0.15) is 37.7 Å². The zero-order valence-electron chi connectivity index (χ0n) is 14.6. The van der Waals surface area contributed by atoms with E-state index in [1.165, 1.54) is 37.7 Å². The van der Waals surface area contributed by atoms with Crippen LogP contribution in [-0.2, 0) is 4.74 Å². The average Bonchev–Trinajstić information content (AvgIpc) is 2.63. The topological polar surface area (TPSA) is 36.5 Å². The summed E-state index contributed by atoms with van der Waals surface area (Å²) in [6.45, 7) is 6.81. The van der Waals surface area contributed by atoms with E-state index in [-0.39, 0.29) is 5.54 Å². The Balaban J connectivity index is 1.60. The number of nitrogens with one attached hydrogen (secondary N) is 2. The lowest BCUT2D eigenvalue weighted by atomic mass is 9.80. The number of thiocarbonyl (C=S) groups is 1. The molecule has 1 heterocycles. The summed E-state index contributed by atoms with van der Waals surface area (Å²) in [6, 6.07) is 8.25. The summed E-state index contributed by atoms with van der Waals surface area (Å²) < 4.78 is 5.55. The molecule has 0 aromatic heterocycles. The van der Waals surface area contributed by atoms with Crippen LogP contribution < -0.4 is 10.6 Å². The van der Waals surface area contributed by atoms with Crippen molar-refractivity contribution in [1.82, 2.24) is 10.2 Å². The molecule has 1 saturated carbocycles. The Morgan fingerprint density at radius 3 is 2.58 bits per heavy atom. The van der Waals surface area contributed by atoms with Crippen LogP contribution in [0.5, 0.6) is 0 Å². The molecule has 2 fully saturated rings. The molecule has 0 atom stereocenters. The second-order valence-electron chi connectivity index (χ2n) is 7.01. The van der Waals surface area contributed by atoms with Gasteiger partial charge in [-0.15, -0.1) is 0 Å². The maximum Gasteiger partial charge on any atom is 0.170 e. The molecule has 1 aliphatic carbocycles. The molecule has 1 saturated heterocycles. The van der Waals surface area contributed by atoms with Gasteiger partial charge < -0.3 is 15.4 Å². The lowest BCUT2D eigenvalue weighted by Gasteiger charge is -2.48. The Labute approximate surface area is 150 Å². The highest BCUT2D eigenvalue weighted by Crippen LogP contribution is 2.33. The van der Waals surface area contributed by atoms with Crippen LogP contribution in [0.4, 0.5) is 5.69 Å². The van der Waals surface area contributed by atoms with E-state index in [0.717, 1.165) is 43.6 Å². The summed E-state index contributed by atoms with van der Waals surface area (Å²) in [5, 5.41) is 7.58. The zero-order chi connectivity index (χ0) is 16.8. The molecular weight excluding hydrogens is 318 g/mol. The van der Waals surface area contributed by atoms with Crippen molar-refractivity contribution in [2.45, 2.75) is 44.6 Å². The molecule has 0 radical (unpaired) electrons. The molecule has 0 amide bonds. The molecule has 24 heavy (non-hydrogen) atoms. The molecule has 2 N–H and O–H groups in total. The van der Waals surface area contributed by atoms with Crippen molar-refractivity contribution < 1.29 is 4.74 Å². The lowest BCUT2D eigenvalue weighted by molar-refractivity contribution is -0.0351. The van der Waals surface area contributed by atoms with Crippen LogP contribution in [0, 0.1) is 6.92 Å². The number of benzene rings is 1. The molecule has 3 rings (SSSR count). The molecular formula is C19H29N3OS. The van der Waals surface area contributed by atoms with Gasteiger partial charge in [-0.2, -0.15) is 0 Å². The number of morpholine rings is 1. The second kappa shape index (κ2) is 8.28. The maximum absolute atomic E-state index is 5.55. The first-order chi connectivity index (χ1) is 11.7. The van der Waals surface area contributed by atoms with E-state index in [0.29, 0.717) is 0 Å². The van der Waals surface area contributed by atoms with Gasteiger partial charge in [0.25, 0.3) is 0 Å². The van der Waals surface area contributed by atoms with Gasteiger partial charge in [0.2, 0.25) is 0 Å². The smallest absolute Gasteiger partial charge is 0.170 e. The van der Waals surface area contributed by atoms with Gasteiger partial charge in [-0.3, -0.25) is 4.90 Å². The third-order valence-corrected chi connectivity index (χ3v) is 5.68. The number of rotatable bonds is 4. The minimum Gasteiger partial charge on any atom is -0.379 e. The summed E-state index contributed by atoms with van der Waals surface area (Å²) in [6.07, 6.45) is 6.51. The Morgan fingerprint density at radius 2 is 1.88 bits per heavy atom. The standard InChI is InChI=1S/C19H29N3OS/c1-16-7-3-4-8-17(16)21-18(24)20-15-19(9-5-2-6-10-19)22-11-13-23-14-12-22/h3-4,7-8H,2,5-6,9-15H2,1H3,(H2,20,21,24). The predicted octanol–water partition coefficient (Wildman–Crippen LogP) is 3.32. The number of anilines is 1. The van der Waals surface area contributed by atoms with Crippen molar-refractivity contribution in [2.24, 2.45) is 0 Å². The van der Waals surface area contributed by atoms with Gasteiger partial charge in [-0.25, -0.2) is 0 Å². The number of para-hydroxylation sites is 1. The fourth-order valence-electron chi connectivity index (χ4n) is 3.98. The Bertz CT molecular complexity index is 551. The van der Waals surface area contributed by atoms with Gasteiger partial charge in [-0.1, -0.05) is 37.5 Å². The highest BCUT2D eigenvalue weighted by Gasteiger charge is 2.38. The molecule has 0 bridgehead atoms. The van der Waals surface area contributed by atoms with Crippen molar-refractivity contribution >= 4 is 23.0 Å². The number of nitrogens with zero attached hydrogens (tertiary/aromatic N) is 1. The Kier molecular flexibility index (Phi) is 6.09. The first-order valence-corrected chi connectivity index (χ1v) is 9.54. The number of hydrogen-bond acceptors (Lipinski definition) is 3. The fraction of sp³-hybridized carbons (Fsp3) is 0.632. The van der Waals surface area contributed by atoms with Crippen molar-refractivity contribution in [1.29, 1.82) is 0 Å². The minimum absolute atomic E-state index is 0.236. The van der Waals surface area contributed by atoms with Gasteiger partial charge >= 0.3 is 0 Å². The van der Waals surface area contributed by atoms with E-state index in [2.05, 4.69) is 34.6 Å². The van der Waals surface area contributed by atoms with Crippen molar-refractivity contribution in [3.63, 3.8) is 0 Å². The molecule has 1 aliphatic heterocycles. The van der Waals surface area contributed by atoms with Crippen LogP contribution in [-0.4, -0.2) is 48.4 Å². The van der Waals surface area contributed by atoms with Crippen LogP contribution in [0.25, 0.3) is 0 Å². The molecule has 1 aromatic rings. The highest BCUT2D eigenvalue weighted by molar-refractivity contribution is 7.80. The normalized spacial score (nSPS) is 21.2. The molecule has 1 aromatic carbocycles. The quantitative estimate of drug-likeness (QED) is 0.817. The molecule has 4 nitrogen and oxygen atoms in total. The van der Waals surface area contributed by atoms with Gasteiger partial charge in [0.15, 0.2) is 5.11 Å². The van der Waals surface area contributed by atoms with E-state index in [1.54, 1.807) is 0 Å². The van der Waals surface area contributed by atoms with Crippen LogP contribution in [0.3, 0.4) is 0 Å². The van der Waals surface area contributed by atoms with E-state index >= 15 is 0 Å². The van der Waals surface area contributed by atoms with Gasteiger partial charge in [0, 0.05) is 30.9 Å². The van der Waals surface area contributed by atoms with Crippen molar-refractivity contribution in [2.75, 3.05) is 38.2 Å². The van der Waals surface area contributed by atoms with Crippen LogP contribution in [0.2, 0.25) is 0 Å². The van der Waals surface area contributed by atoms with E-state index in [4.69, 9.17) is 17.0 Å². The number of ether oxygens (including phenoxy) is 1. The van der Waals surface area contributed by atoms with Gasteiger partial charge in [0.05, 0.1) is 13.2 Å². The van der Waals surface area contributed by atoms with Crippen molar-refractivity contribution in [3.8, 4) is 0 Å². The highest BCUT2D eigenvalue weighted by atomic mass is 32.1. The van der Waals surface area contributed by atoms with Crippen LogP contribution >= 0.6 is 12.2 Å². The Hall–Kier alpha value is -1.17. The number of hydrogen-bond donors (Lipinski definition) is 2. The third kappa shape index (κ3) is 4.26. The lowest BCUT2D eigenvalue weighted by Crippen LogP contribution is -2.60. The summed E-state index contributed by atoms with van der Waals surface area (Å²) in [7, 11) is 0. The van der Waals surface area contributed by atoms with E-state index in [9.17, 15) is 0 Å².